The third kappa shape index (κ3) is 3.79. The van der Waals surface area contributed by atoms with Crippen molar-refractivity contribution in [3.63, 3.8) is 0 Å². The SMILES string of the molecule is CC(NCC(O)CO)c1c(Cl)ccc(F)c1Cl. The number of hydrogen-bond acceptors (Lipinski definition) is 3. The predicted molar refractivity (Wildman–Crippen MR) is 65.9 cm³/mol. The van der Waals surface area contributed by atoms with Crippen LogP contribution in [-0.4, -0.2) is 29.5 Å². The second-order valence-corrected chi connectivity index (χ2v) is 4.51. The van der Waals surface area contributed by atoms with Crippen molar-refractivity contribution in [3.8, 4) is 0 Å². The highest BCUT2D eigenvalue weighted by Gasteiger charge is 2.17. The zero-order valence-electron chi connectivity index (χ0n) is 9.25. The first-order valence-electron chi connectivity index (χ1n) is 5.13. The molecule has 3 nitrogen and oxygen atoms in total. The van der Waals surface area contributed by atoms with Gasteiger partial charge in [-0.3, -0.25) is 0 Å². The van der Waals surface area contributed by atoms with E-state index in [1.54, 1.807) is 6.92 Å². The summed E-state index contributed by atoms with van der Waals surface area (Å²) in [5, 5.41) is 21.1. The fourth-order valence-corrected chi connectivity index (χ4v) is 2.12. The second kappa shape index (κ2) is 6.52. The van der Waals surface area contributed by atoms with Crippen LogP contribution in [0, 0.1) is 5.82 Å². The van der Waals surface area contributed by atoms with Crippen molar-refractivity contribution in [3.05, 3.63) is 33.6 Å². The Hall–Kier alpha value is -0.390. The number of aliphatic hydroxyl groups is 2. The molecule has 0 aliphatic heterocycles. The Labute approximate surface area is 109 Å². The van der Waals surface area contributed by atoms with Gasteiger partial charge in [0.1, 0.15) is 5.82 Å². The van der Waals surface area contributed by atoms with Gasteiger partial charge in [-0.2, -0.15) is 0 Å². The van der Waals surface area contributed by atoms with E-state index in [1.807, 2.05) is 0 Å². The minimum atomic E-state index is -0.872. The fourth-order valence-electron chi connectivity index (χ4n) is 1.42. The van der Waals surface area contributed by atoms with Gasteiger partial charge in [0.05, 0.1) is 17.7 Å². The Morgan fingerprint density at radius 3 is 2.65 bits per heavy atom. The molecule has 0 radical (unpaired) electrons. The van der Waals surface area contributed by atoms with Crippen LogP contribution in [0.25, 0.3) is 0 Å². The van der Waals surface area contributed by atoms with E-state index < -0.39 is 11.9 Å². The van der Waals surface area contributed by atoms with E-state index in [9.17, 15) is 9.50 Å². The van der Waals surface area contributed by atoms with Crippen LogP contribution < -0.4 is 5.32 Å². The van der Waals surface area contributed by atoms with Crippen molar-refractivity contribution in [1.82, 2.24) is 5.32 Å². The molecular weight excluding hydrogens is 268 g/mol. The van der Waals surface area contributed by atoms with Crippen molar-refractivity contribution in [2.75, 3.05) is 13.2 Å². The van der Waals surface area contributed by atoms with Gasteiger partial charge in [-0.25, -0.2) is 4.39 Å². The third-order valence-corrected chi connectivity index (χ3v) is 3.10. The summed E-state index contributed by atoms with van der Waals surface area (Å²) in [6, 6.07) is 2.30. The van der Waals surface area contributed by atoms with Crippen LogP contribution in [0.3, 0.4) is 0 Å². The summed E-state index contributed by atoms with van der Waals surface area (Å²) >= 11 is 11.8. The fraction of sp³-hybridized carbons (Fsp3) is 0.455. The van der Waals surface area contributed by atoms with Crippen LogP contribution in [0.15, 0.2) is 12.1 Å². The van der Waals surface area contributed by atoms with Gasteiger partial charge in [0.15, 0.2) is 0 Å². The van der Waals surface area contributed by atoms with Crippen molar-refractivity contribution in [1.29, 1.82) is 0 Å². The first kappa shape index (κ1) is 14.7. The van der Waals surface area contributed by atoms with E-state index in [4.69, 9.17) is 28.3 Å². The first-order valence-corrected chi connectivity index (χ1v) is 5.88. The molecule has 2 atom stereocenters. The Bertz CT molecular complexity index is 390. The lowest BCUT2D eigenvalue weighted by Crippen LogP contribution is -2.31. The molecule has 0 aromatic heterocycles. The molecule has 17 heavy (non-hydrogen) atoms. The molecule has 1 rings (SSSR count). The van der Waals surface area contributed by atoms with Crippen molar-refractivity contribution in [2.24, 2.45) is 0 Å². The van der Waals surface area contributed by atoms with Gasteiger partial charge < -0.3 is 15.5 Å². The average molecular weight is 282 g/mol. The van der Waals surface area contributed by atoms with E-state index in [-0.39, 0.29) is 24.2 Å². The molecule has 0 aliphatic rings. The van der Waals surface area contributed by atoms with Crippen molar-refractivity contribution in [2.45, 2.75) is 19.1 Å². The van der Waals surface area contributed by atoms with Gasteiger partial charge in [-0.05, 0) is 19.1 Å². The topological polar surface area (TPSA) is 52.5 Å². The highest BCUT2D eigenvalue weighted by molar-refractivity contribution is 6.36. The van der Waals surface area contributed by atoms with E-state index in [2.05, 4.69) is 5.32 Å². The number of nitrogens with one attached hydrogen (secondary N) is 1. The van der Waals surface area contributed by atoms with Crippen LogP contribution >= 0.6 is 23.2 Å². The quantitative estimate of drug-likeness (QED) is 0.725. The Kier molecular flexibility index (Phi) is 5.62. The predicted octanol–water partition coefficient (Wildman–Crippen LogP) is 2.14. The molecule has 0 spiro atoms. The number of halogens is 3. The summed E-state index contributed by atoms with van der Waals surface area (Å²) in [4.78, 5) is 0. The number of rotatable bonds is 5. The monoisotopic (exact) mass is 281 g/mol. The van der Waals surface area contributed by atoms with Crippen LogP contribution in [-0.2, 0) is 0 Å². The Morgan fingerprint density at radius 1 is 1.41 bits per heavy atom. The molecule has 0 bridgehead atoms. The summed E-state index contributed by atoms with van der Waals surface area (Å²) in [7, 11) is 0. The van der Waals surface area contributed by atoms with Crippen molar-refractivity contribution < 1.29 is 14.6 Å². The van der Waals surface area contributed by atoms with Crippen LogP contribution in [0.1, 0.15) is 18.5 Å². The molecule has 96 valence electrons. The van der Waals surface area contributed by atoms with Gasteiger partial charge >= 0.3 is 0 Å². The van der Waals surface area contributed by atoms with Crippen LogP contribution in [0.4, 0.5) is 4.39 Å². The van der Waals surface area contributed by atoms with E-state index in [0.717, 1.165) is 0 Å². The Balaban J connectivity index is 2.81. The minimum Gasteiger partial charge on any atom is -0.394 e. The van der Waals surface area contributed by atoms with Crippen LogP contribution in [0.5, 0.6) is 0 Å². The zero-order valence-corrected chi connectivity index (χ0v) is 10.8. The molecule has 0 fully saturated rings. The molecule has 1 aromatic rings. The van der Waals surface area contributed by atoms with Crippen LogP contribution in [0.2, 0.25) is 10.0 Å². The number of benzene rings is 1. The lowest BCUT2D eigenvalue weighted by atomic mass is 10.1. The molecule has 2 unspecified atom stereocenters. The molecule has 1 aromatic carbocycles. The first-order chi connectivity index (χ1) is 7.97. The van der Waals surface area contributed by atoms with Gasteiger partial charge in [0.2, 0.25) is 0 Å². The lowest BCUT2D eigenvalue weighted by molar-refractivity contribution is 0.0924. The van der Waals surface area contributed by atoms with Gasteiger partial charge in [0, 0.05) is 23.2 Å². The molecule has 0 saturated carbocycles. The summed E-state index contributed by atoms with van der Waals surface area (Å²) in [5.74, 6) is -0.539. The maximum Gasteiger partial charge on any atom is 0.142 e. The average Bonchev–Trinajstić information content (AvgIpc) is 2.31. The molecule has 0 aliphatic carbocycles. The highest BCUT2D eigenvalue weighted by Crippen LogP contribution is 2.32. The number of hydrogen-bond donors (Lipinski definition) is 3. The molecule has 0 amide bonds. The molecule has 3 N–H and O–H groups in total. The minimum absolute atomic E-state index is 0.0315. The Morgan fingerprint density at radius 2 is 2.06 bits per heavy atom. The standard InChI is InChI=1S/C11H14Cl2FNO2/c1-6(15-4-7(17)5-16)10-8(12)2-3-9(14)11(10)13/h2-3,6-7,15-17H,4-5H2,1H3. The summed E-state index contributed by atoms with van der Waals surface area (Å²) in [6.45, 7) is 1.57. The third-order valence-electron chi connectivity index (χ3n) is 2.38. The summed E-state index contributed by atoms with van der Waals surface area (Å²) in [5.41, 5.74) is 0.443. The van der Waals surface area contributed by atoms with E-state index in [0.29, 0.717) is 10.6 Å². The van der Waals surface area contributed by atoms with Crippen molar-refractivity contribution >= 4 is 23.2 Å². The van der Waals surface area contributed by atoms with Gasteiger partial charge in [0.25, 0.3) is 0 Å². The number of aliphatic hydroxyl groups excluding tert-OH is 2. The largest absolute Gasteiger partial charge is 0.394 e. The lowest BCUT2D eigenvalue weighted by Gasteiger charge is -2.19. The van der Waals surface area contributed by atoms with E-state index >= 15 is 0 Å². The second-order valence-electron chi connectivity index (χ2n) is 3.72. The summed E-state index contributed by atoms with van der Waals surface area (Å²) < 4.78 is 13.3. The molecule has 0 saturated heterocycles. The summed E-state index contributed by atoms with van der Waals surface area (Å²) in [6.07, 6.45) is -0.872. The zero-order chi connectivity index (χ0) is 13.0. The highest BCUT2D eigenvalue weighted by atomic mass is 35.5. The maximum absolute atomic E-state index is 13.3. The molecular formula is C11H14Cl2FNO2. The van der Waals surface area contributed by atoms with Gasteiger partial charge in [-0.15, -0.1) is 0 Å². The van der Waals surface area contributed by atoms with Gasteiger partial charge in [-0.1, -0.05) is 23.2 Å². The molecule has 0 heterocycles. The molecule has 6 heteroatoms. The van der Waals surface area contributed by atoms with E-state index in [1.165, 1.54) is 12.1 Å². The smallest absolute Gasteiger partial charge is 0.142 e. The normalized spacial score (nSPS) is 14.7. The maximum atomic E-state index is 13.3.